The van der Waals surface area contributed by atoms with Crippen LogP contribution in [0.1, 0.15) is 19.4 Å². The molecule has 4 nitrogen and oxygen atoms in total. The molecule has 0 heterocycles. The molecule has 0 fully saturated rings. The lowest BCUT2D eigenvalue weighted by atomic mass is 9.81. The average Bonchev–Trinajstić information content (AvgIpc) is 2.62. The third-order valence-corrected chi connectivity index (χ3v) is 4.88. The highest BCUT2D eigenvalue weighted by Gasteiger charge is 2.53. The quantitative estimate of drug-likeness (QED) is 0.676. The van der Waals surface area contributed by atoms with Gasteiger partial charge in [0, 0.05) is 6.54 Å². The normalized spacial score (nSPS) is 16.1. The van der Waals surface area contributed by atoms with E-state index in [1.54, 1.807) is 0 Å². The Balaban J connectivity index is 2.03. The predicted octanol–water partition coefficient (Wildman–Crippen LogP) is 2.75. The lowest BCUT2D eigenvalue weighted by molar-refractivity contribution is -0.158. The van der Waals surface area contributed by atoms with Gasteiger partial charge in [0.15, 0.2) is 0 Å². The van der Waals surface area contributed by atoms with Crippen LogP contribution in [0.15, 0.2) is 54.6 Å². The van der Waals surface area contributed by atoms with Crippen molar-refractivity contribution in [2.24, 2.45) is 5.73 Å². The summed E-state index contributed by atoms with van der Waals surface area (Å²) in [4.78, 5) is 11.7. The van der Waals surface area contributed by atoms with Crippen LogP contribution in [0, 0.1) is 0 Å². The molecule has 2 aromatic carbocycles. The van der Waals surface area contributed by atoms with Crippen molar-refractivity contribution in [2.75, 3.05) is 6.54 Å². The molecule has 4 N–H and O–H groups in total. The molecule has 0 aliphatic heterocycles. The number of hydrogen-bond donors (Lipinski definition) is 3. The van der Waals surface area contributed by atoms with Crippen LogP contribution in [-0.2, 0) is 11.2 Å². The largest absolute Gasteiger partial charge is 0.382 e. The number of nitrogens with one attached hydrogen (secondary N) is 1. The van der Waals surface area contributed by atoms with Gasteiger partial charge in [0.05, 0.1) is 0 Å². The van der Waals surface area contributed by atoms with E-state index in [1.807, 2.05) is 54.6 Å². The lowest BCUT2D eigenvalue weighted by Gasteiger charge is -2.40. The van der Waals surface area contributed by atoms with E-state index in [-0.39, 0.29) is 6.54 Å². The third kappa shape index (κ3) is 4.08. The molecule has 1 amide bonds. The molecule has 0 aromatic heterocycles. The number of nitrogens with two attached hydrogens (primary N) is 1. The van der Waals surface area contributed by atoms with Crippen molar-refractivity contribution in [3.8, 4) is 11.1 Å². The van der Waals surface area contributed by atoms with Gasteiger partial charge >= 0.3 is 0 Å². The molecule has 26 heavy (non-hydrogen) atoms. The highest BCUT2D eigenvalue weighted by atomic mass is 19.3. The van der Waals surface area contributed by atoms with Crippen LogP contribution in [-0.4, -0.2) is 35.1 Å². The van der Waals surface area contributed by atoms with Crippen molar-refractivity contribution in [2.45, 2.75) is 37.8 Å². The number of amides is 1. The maximum absolute atomic E-state index is 13.1. The SMILES string of the molecule is CC(NCCc1ccc(-c2ccccc2)cc1)(C(N)=O)C(C)(O)C(F)F. The van der Waals surface area contributed by atoms with Gasteiger partial charge in [0.25, 0.3) is 6.43 Å². The third-order valence-electron chi connectivity index (χ3n) is 4.88. The van der Waals surface area contributed by atoms with E-state index in [4.69, 9.17) is 5.73 Å². The molecule has 0 saturated heterocycles. The standard InChI is InChI=1S/C20H24F2N2O2/c1-19(18(23)25,20(2,26)17(21)22)24-13-12-14-8-10-16(11-9-14)15-6-4-3-5-7-15/h3-11,17,24,26H,12-13H2,1-2H3,(H2,23,25). The number of carbonyl (C=O) groups excluding carboxylic acids is 1. The first-order chi connectivity index (χ1) is 12.2. The summed E-state index contributed by atoms with van der Waals surface area (Å²) in [7, 11) is 0. The van der Waals surface area contributed by atoms with Gasteiger partial charge in [-0.1, -0.05) is 54.6 Å². The van der Waals surface area contributed by atoms with E-state index in [0.717, 1.165) is 23.6 Å². The van der Waals surface area contributed by atoms with Crippen LogP contribution in [0.4, 0.5) is 8.78 Å². The summed E-state index contributed by atoms with van der Waals surface area (Å²) in [5, 5.41) is 12.7. The smallest absolute Gasteiger partial charge is 0.268 e. The predicted molar refractivity (Wildman–Crippen MR) is 97.8 cm³/mol. The van der Waals surface area contributed by atoms with Crippen molar-refractivity contribution in [3.63, 3.8) is 0 Å². The summed E-state index contributed by atoms with van der Waals surface area (Å²) in [5.74, 6) is -1.03. The molecule has 140 valence electrons. The number of halogens is 2. The summed E-state index contributed by atoms with van der Waals surface area (Å²) >= 11 is 0. The highest BCUT2D eigenvalue weighted by molar-refractivity contribution is 5.86. The molecular weight excluding hydrogens is 338 g/mol. The van der Waals surface area contributed by atoms with Gasteiger partial charge in [0.1, 0.15) is 11.1 Å². The summed E-state index contributed by atoms with van der Waals surface area (Å²) in [6.07, 6.45) is -2.62. The second-order valence-electron chi connectivity index (χ2n) is 6.68. The van der Waals surface area contributed by atoms with Crippen molar-refractivity contribution < 1.29 is 18.7 Å². The second-order valence-corrected chi connectivity index (χ2v) is 6.68. The van der Waals surface area contributed by atoms with Crippen LogP contribution in [0.25, 0.3) is 11.1 Å². The summed E-state index contributed by atoms with van der Waals surface area (Å²) in [5.41, 5.74) is 3.90. The molecule has 0 aliphatic rings. The number of carbonyl (C=O) groups is 1. The van der Waals surface area contributed by atoms with Gasteiger partial charge in [-0.2, -0.15) is 0 Å². The number of aliphatic hydroxyl groups is 1. The van der Waals surface area contributed by atoms with Gasteiger partial charge in [-0.3, -0.25) is 4.79 Å². The zero-order chi connectivity index (χ0) is 19.4. The molecule has 2 rings (SSSR count). The molecule has 2 unspecified atom stereocenters. The van der Waals surface area contributed by atoms with Gasteiger partial charge < -0.3 is 16.2 Å². The fourth-order valence-electron chi connectivity index (χ4n) is 2.69. The Morgan fingerprint density at radius 2 is 1.62 bits per heavy atom. The van der Waals surface area contributed by atoms with Crippen molar-refractivity contribution in [1.82, 2.24) is 5.32 Å². The topological polar surface area (TPSA) is 75.3 Å². The van der Waals surface area contributed by atoms with Gasteiger partial charge in [-0.05, 0) is 37.0 Å². The Labute approximate surface area is 152 Å². The van der Waals surface area contributed by atoms with Gasteiger partial charge in [0.2, 0.25) is 5.91 Å². The number of primary amides is 1. The van der Waals surface area contributed by atoms with Crippen LogP contribution >= 0.6 is 0 Å². The Kier molecular flexibility index (Phi) is 6.10. The van der Waals surface area contributed by atoms with Crippen LogP contribution < -0.4 is 11.1 Å². The Morgan fingerprint density at radius 1 is 1.08 bits per heavy atom. The monoisotopic (exact) mass is 362 g/mol. The molecule has 6 heteroatoms. The molecule has 2 aromatic rings. The van der Waals surface area contributed by atoms with Gasteiger partial charge in [-0.25, -0.2) is 8.78 Å². The first-order valence-electron chi connectivity index (χ1n) is 8.38. The Bertz CT molecular complexity index is 733. The fraction of sp³-hybridized carbons (Fsp3) is 0.350. The van der Waals surface area contributed by atoms with E-state index in [9.17, 15) is 18.7 Å². The van der Waals surface area contributed by atoms with Crippen molar-refractivity contribution >= 4 is 5.91 Å². The van der Waals surface area contributed by atoms with E-state index >= 15 is 0 Å². The number of alkyl halides is 2. The van der Waals surface area contributed by atoms with Crippen LogP contribution in [0.2, 0.25) is 0 Å². The minimum Gasteiger partial charge on any atom is -0.382 e. The molecule has 0 radical (unpaired) electrons. The van der Waals surface area contributed by atoms with Crippen LogP contribution in [0.5, 0.6) is 0 Å². The Morgan fingerprint density at radius 3 is 2.12 bits per heavy atom. The molecule has 0 aliphatic carbocycles. The second kappa shape index (κ2) is 7.93. The Hall–Kier alpha value is -2.31. The first-order valence-corrected chi connectivity index (χ1v) is 8.38. The summed E-state index contributed by atoms with van der Waals surface area (Å²) in [6.45, 7) is 2.32. The van der Waals surface area contributed by atoms with Crippen molar-refractivity contribution in [3.05, 3.63) is 60.2 Å². The number of hydrogen-bond acceptors (Lipinski definition) is 3. The van der Waals surface area contributed by atoms with E-state index in [0.29, 0.717) is 6.42 Å². The van der Waals surface area contributed by atoms with Crippen molar-refractivity contribution in [1.29, 1.82) is 0 Å². The minimum atomic E-state index is -3.11. The summed E-state index contributed by atoms with van der Waals surface area (Å²) in [6, 6.07) is 17.8. The zero-order valence-electron chi connectivity index (χ0n) is 14.9. The lowest BCUT2D eigenvalue weighted by Crippen LogP contribution is -2.69. The highest BCUT2D eigenvalue weighted by Crippen LogP contribution is 2.28. The molecular formula is C20H24F2N2O2. The molecule has 0 spiro atoms. The number of benzene rings is 2. The van der Waals surface area contributed by atoms with E-state index < -0.39 is 23.5 Å². The van der Waals surface area contributed by atoms with E-state index in [1.165, 1.54) is 6.92 Å². The average molecular weight is 362 g/mol. The fourth-order valence-corrected chi connectivity index (χ4v) is 2.69. The summed E-state index contributed by atoms with van der Waals surface area (Å²) < 4.78 is 26.3. The number of rotatable bonds is 8. The van der Waals surface area contributed by atoms with Crippen LogP contribution in [0.3, 0.4) is 0 Å². The zero-order valence-corrected chi connectivity index (χ0v) is 14.9. The molecule has 0 saturated carbocycles. The first kappa shape index (κ1) is 20.0. The molecule has 2 atom stereocenters. The maximum Gasteiger partial charge on any atom is 0.268 e. The van der Waals surface area contributed by atoms with Gasteiger partial charge in [-0.15, -0.1) is 0 Å². The maximum atomic E-state index is 13.1. The molecule has 0 bridgehead atoms. The van der Waals surface area contributed by atoms with E-state index in [2.05, 4.69) is 5.32 Å². The minimum absolute atomic E-state index is 0.215.